The van der Waals surface area contributed by atoms with E-state index in [4.69, 9.17) is 19.9 Å². The van der Waals surface area contributed by atoms with Gasteiger partial charge in [0.15, 0.2) is 0 Å². The van der Waals surface area contributed by atoms with E-state index in [9.17, 15) is 4.79 Å². The molecule has 0 spiro atoms. The molecule has 13 heavy (non-hydrogen) atoms. The van der Waals surface area contributed by atoms with Gasteiger partial charge >= 0.3 is 11.9 Å². The van der Waals surface area contributed by atoms with E-state index in [2.05, 4.69) is 0 Å². The Kier molecular flexibility index (Phi) is 1.33. The fourth-order valence-electron chi connectivity index (χ4n) is 2.37. The second kappa shape index (κ2) is 2.23. The first-order valence-electron chi connectivity index (χ1n) is 4.51. The molecule has 5 nitrogen and oxygen atoms in total. The van der Waals surface area contributed by atoms with Crippen LogP contribution in [0.5, 0.6) is 0 Å². The van der Waals surface area contributed by atoms with Gasteiger partial charge in [-0.2, -0.15) is 0 Å². The molecular formula is C8H11NO4. The highest BCUT2D eigenvalue weighted by Gasteiger charge is 2.58. The predicted molar refractivity (Wildman–Crippen MR) is 40.4 cm³/mol. The van der Waals surface area contributed by atoms with Crippen molar-refractivity contribution in [3.63, 3.8) is 0 Å². The number of carbonyl (C=O) groups is 1. The van der Waals surface area contributed by atoms with Gasteiger partial charge < -0.3 is 19.9 Å². The van der Waals surface area contributed by atoms with Gasteiger partial charge in [-0.3, -0.25) is 4.79 Å². The first-order valence-corrected chi connectivity index (χ1v) is 4.51. The van der Waals surface area contributed by atoms with E-state index in [-0.39, 0.29) is 18.3 Å². The zero-order valence-corrected chi connectivity index (χ0v) is 7.06. The summed E-state index contributed by atoms with van der Waals surface area (Å²) in [4.78, 5) is 11.1. The summed E-state index contributed by atoms with van der Waals surface area (Å²) in [5.74, 6) is -2.24. The molecule has 3 heterocycles. The summed E-state index contributed by atoms with van der Waals surface area (Å²) in [5, 5.41) is 0. The SMILES string of the molecule is NC(=O)C12OC3CC(CC(C3)O1)O2. The average Bonchev–Trinajstić information content (AvgIpc) is 2.00. The lowest BCUT2D eigenvalue weighted by molar-refractivity contribution is -0.468. The third-order valence-corrected chi connectivity index (χ3v) is 2.84. The molecule has 3 saturated heterocycles. The number of nitrogens with two attached hydrogens (primary N) is 1. The molecule has 0 aromatic rings. The first kappa shape index (κ1) is 7.73. The van der Waals surface area contributed by atoms with Gasteiger partial charge in [-0.05, 0) is 0 Å². The number of hydrogen-bond donors (Lipinski definition) is 1. The van der Waals surface area contributed by atoms with Gasteiger partial charge in [0.2, 0.25) is 0 Å². The molecule has 1 amide bonds. The van der Waals surface area contributed by atoms with Gasteiger partial charge in [-0.25, -0.2) is 0 Å². The number of primary amides is 1. The lowest BCUT2D eigenvalue weighted by Crippen LogP contribution is -2.67. The average molecular weight is 185 g/mol. The standard InChI is InChI=1S/C8H11NO4/c9-7(10)8-11-4-1-5(12-8)3-6(2-4)13-8/h4-6H,1-3H2,(H2,9,10). The minimum absolute atomic E-state index is 0.0822. The molecule has 0 aromatic heterocycles. The van der Waals surface area contributed by atoms with E-state index in [1.165, 1.54) is 0 Å². The van der Waals surface area contributed by atoms with E-state index in [0.717, 1.165) is 19.3 Å². The van der Waals surface area contributed by atoms with E-state index in [1.54, 1.807) is 0 Å². The van der Waals surface area contributed by atoms with Crippen LogP contribution in [0.25, 0.3) is 0 Å². The van der Waals surface area contributed by atoms with Gasteiger partial charge in [-0.15, -0.1) is 0 Å². The summed E-state index contributed by atoms with van der Waals surface area (Å²) in [5.41, 5.74) is 5.18. The molecule has 4 rings (SSSR count). The molecule has 72 valence electrons. The van der Waals surface area contributed by atoms with Crippen molar-refractivity contribution in [2.45, 2.75) is 43.5 Å². The van der Waals surface area contributed by atoms with Crippen LogP contribution in [0.4, 0.5) is 0 Å². The van der Waals surface area contributed by atoms with Crippen molar-refractivity contribution in [3.8, 4) is 0 Å². The Morgan fingerprint density at radius 1 is 1.08 bits per heavy atom. The summed E-state index contributed by atoms with van der Waals surface area (Å²) in [6, 6.07) is 0. The highest BCUT2D eigenvalue weighted by atomic mass is 16.9. The van der Waals surface area contributed by atoms with Crippen LogP contribution in [-0.4, -0.2) is 30.2 Å². The molecule has 4 bridgehead atoms. The van der Waals surface area contributed by atoms with Gasteiger partial charge in [0, 0.05) is 19.3 Å². The summed E-state index contributed by atoms with van der Waals surface area (Å²) in [7, 11) is 0. The van der Waals surface area contributed by atoms with Crippen molar-refractivity contribution in [3.05, 3.63) is 0 Å². The quantitative estimate of drug-likeness (QED) is 0.597. The zero-order chi connectivity index (χ0) is 9.05. The monoisotopic (exact) mass is 185 g/mol. The smallest absolute Gasteiger partial charge is 0.363 e. The number of ether oxygens (including phenoxy) is 3. The molecule has 4 fully saturated rings. The van der Waals surface area contributed by atoms with Crippen LogP contribution in [-0.2, 0) is 19.0 Å². The van der Waals surface area contributed by atoms with Crippen molar-refractivity contribution in [2.24, 2.45) is 5.73 Å². The fourth-order valence-corrected chi connectivity index (χ4v) is 2.37. The summed E-state index contributed by atoms with van der Waals surface area (Å²) in [6.07, 6.45) is 2.81. The van der Waals surface area contributed by atoms with Gasteiger partial charge in [0.1, 0.15) is 0 Å². The van der Waals surface area contributed by atoms with Crippen LogP contribution < -0.4 is 5.73 Å². The van der Waals surface area contributed by atoms with Crippen molar-refractivity contribution in [1.82, 2.24) is 0 Å². The Hall–Kier alpha value is -0.650. The Morgan fingerprint density at radius 3 is 1.77 bits per heavy atom. The predicted octanol–water partition coefficient (Wildman–Crippen LogP) is -0.508. The summed E-state index contributed by atoms with van der Waals surface area (Å²) in [6.45, 7) is 0. The van der Waals surface area contributed by atoms with Crippen molar-refractivity contribution in [2.75, 3.05) is 0 Å². The first-order chi connectivity index (χ1) is 6.18. The van der Waals surface area contributed by atoms with E-state index < -0.39 is 11.9 Å². The minimum Gasteiger partial charge on any atom is -0.363 e. The normalized spacial score (nSPS) is 52.5. The Labute approximate surface area is 75.1 Å². The topological polar surface area (TPSA) is 70.8 Å². The van der Waals surface area contributed by atoms with E-state index in [0.29, 0.717) is 0 Å². The summed E-state index contributed by atoms with van der Waals surface area (Å²) >= 11 is 0. The number of amides is 1. The number of hydrogen-bond acceptors (Lipinski definition) is 4. The molecule has 5 heteroatoms. The second-order valence-corrected chi connectivity index (χ2v) is 3.85. The molecule has 1 aliphatic carbocycles. The van der Waals surface area contributed by atoms with Crippen LogP contribution >= 0.6 is 0 Å². The highest BCUT2D eigenvalue weighted by Crippen LogP contribution is 2.44. The Morgan fingerprint density at radius 2 is 1.46 bits per heavy atom. The molecular weight excluding hydrogens is 174 g/mol. The van der Waals surface area contributed by atoms with Gasteiger partial charge in [0.25, 0.3) is 0 Å². The van der Waals surface area contributed by atoms with Crippen LogP contribution in [0, 0.1) is 0 Å². The molecule has 0 radical (unpaired) electrons. The maximum atomic E-state index is 11.1. The second-order valence-electron chi connectivity index (χ2n) is 3.85. The maximum Gasteiger partial charge on any atom is 0.368 e. The largest absolute Gasteiger partial charge is 0.368 e. The lowest BCUT2D eigenvalue weighted by atomic mass is 9.89. The van der Waals surface area contributed by atoms with Gasteiger partial charge in [-0.1, -0.05) is 0 Å². The molecule has 1 saturated carbocycles. The lowest BCUT2D eigenvalue weighted by Gasteiger charge is -2.53. The number of carbonyl (C=O) groups excluding carboxylic acids is 1. The Bertz CT molecular complexity index is 230. The van der Waals surface area contributed by atoms with Crippen LogP contribution in [0.3, 0.4) is 0 Å². The van der Waals surface area contributed by atoms with Gasteiger partial charge in [0.05, 0.1) is 18.3 Å². The fraction of sp³-hybridized carbons (Fsp3) is 0.875. The van der Waals surface area contributed by atoms with Crippen molar-refractivity contribution < 1.29 is 19.0 Å². The van der Waals surface area contributed by atoms with Crippen LogP contribution in [0.15, 0.2) is 0 Å². The molecule has 3 aliphatic heterocycles. The third kappa shape index (κ3) is 0.948. The van der Waals surface area contributed by atoms with Crippen molar-refractivity contribution in [1.29, 1.82) is 0 Å². The van der Waals surface area contributed by atoms with E-state index in [1.807, 2.05) is 0 Å². The number of rotatable bonds is 1. The third-order valence-electron chi connectivity index (χ3n) is 2.84. The molecule has 2 N–H and O–H groups in total. The minimum atomic E-state index is -1.56. The Balaban J connectivity index is 1.95. The van der Waals surface area contributed by atoms with Crippen molar-refractivity contribution >= 4 is 5.91 Å². The molecule has 0 atom stereocenters. The maximum absolute atomic E-state index is 11.1. The molecule has 4 aliphatic rings. The zero-order valence-electron chi connectivity index (χ0n) is 7.06. The highest BCUT2D eigenvalue weighted by molar-refractivity contribution is 5.80. The van der Waals surface area contributed by atoms with E-state index >= 15 is 0 Å². The molecule has 0 unspecified atom stereocenters. The van der Waals surface area contributed by atoms with Crippen LogP contribution in [0.2, 0.25) is 0 Å². The summed E-state index contributed by atoms with van der Waals surface area (Å²) < 4.78 is 16.1. The molecule has 0 aromatic carbocycles. The van der Waals surface area contributed by atoms with Crippen LogP contribution in [0.1, 0.15) is 19.3 Å².